The first-order valence-electron chi connectivity index (χ1n) is 7.29. The molecule has 122 valence electrons. The van der Waals surface area contributed by atoms with Crippen molar-refractivity contribution >= 4 is 39.0 Å². The van der Waals surface area contributed by atoms with E-state index in [4.69, 9.17) is 4.74 Å². The van der Waals surface area contributed by atoms with E-state index in [2.05, 4.69) is 21.2 Å². The number of carbonyl (C=O) groups is 2. The molecule has 1 aromatic carbocycles. The molecule has 0 aliphatic heterocycles. The summed E-state index contributed by atoms with van der Waals surface area (Å²) < 4.78 is 6.62. The lowest BCUT2D eigenvalue weighted by molar-refractivity contribution is -0.121. The normalized spacial score (nSPS) is 10.3. The molecule has 2 aromatic rings. The molecule has 0 saturated carbocycles. The lowest BCUT2D eigenvalue weighted by Gasteiger charge is -2.07. The van der Waals surface area contributed by atoms with Crippen molar-refractivity contribution in [2.24, 2.45) is 0 Å². The van der Waals surface area contributed by atoms with Gasteiger partial charge in [-0.3, -0.25) is 9.59 Å². The second-order valence-electron chi connectivity index (χ2n) is 5.02. The smallest absolute Gasteiger partial charge is 0.220 e. The number of Topliss-reactive ketones (excluding diaryl/α,β-unsaturated/α-hetero) is 1. The Kier molecular flexibility index (Phi) is 6.80. The number of hydrogen-bond donors (Lipinski definition) is 1. The average Bonchev–Trinajstić information content (AvgIpc) is 2.95. The highest BCUT2D eigenvalue weighted by atomic mass is 79.9. The zero-order chi connectivity index (χ0) is 16.7. The Morgan fingerprint density at radius 3 is 2.52 bits per heavy atom. The molecule has 0 atom stereocenters. The Labute approximate surface area is 148 Å². The zero-order valence-electron chi connectivity index (χ0n) is 12.8. The lowest BCUT2D eigenvalue weighted by atomic mass is 10.1. The monoisotopic (exact) mass is 395 g/mol. The van der Waals surface area contributed by atoms with E-state index in [0.717, 1.165) is 8.66 Å². The van der Waals surface area contributed by atoms with E-state index < -0.39 is 0 Å². The van der Waals surface area contributed by atoms with Gasteiger partial charge in [-0.25, -0.2) is 0 Å². The maximum absolute atomic E-state index is 11.7. The van der Waals surface area contributed by atoms with Gasteiger partial charge in [0.15, 0.2) is 5.78 Å². The maximum Gasteiger partial charge on any atom is 0.220 e. The summed E-state index contributed by atoms with van der Waals surface area (Å²) >= 11 is 5.01. The number of ether oxygens (including phenoxy) is 1. The zero-order valence-corrected chi connectivity index (χ0v) is 15.2. The van der Waals surface area contributed by atoms with Crippen LogP contribution in [0.5, 0.6) is 5.75 Å². The van der Waals surface area contributed by atoms with Gasteiger partial charge in [0.05, 0.1) is 16.9 Å². The van der Waals surface area contributed by atoms with E-state index in [1.165, 1.54) is 6.92 Å². The molecule has 0 aliphatic rings. The third-order valence-corrected chi connectivity index (χ3v) is 4.79. The Balaban J connectivity index is 1.62. The number of ketones is 1. The molecule has 23 heavy (non-hydrogen) atoms. The fourth-order valence-corrected chi connectivity index (χ4v) is 3.35. The molecule has 4 nitrogen and oxygen atoms in total. The Bertz CT molecular complexity index is 667. The number of carbonyl (C=O) groups excluding carboxylic acids is 2. The first-order chi connectivity index (χ1) is 11.0. The quantitative estimate of drug-likeness (QED) is 0.538. The molecule has 0 unspecified atom stereocenters. The van der Waals surface area contributed by atoms with Gasteiger partial charge in [0, 0.05) is 16.9 Å². The van der Waals surface area contributed by atoms with E-state index in [1.807, 2.05) is 12.1 Å². The molecule has 1 heterocycles. The molecule has 0 aliphatic carbocycles. The number of benzene rings is 1. The number of nitrogens with one attached hydrogen (secondary N) is 1. The Hall–Kier alpha value is -1.66. The summed E-state index contributed by atoms with van der Waals surface area (Å²) in [4.78, 5) is 24.0. The van der Waals surface area contributed by atoms with Crippen molar-refractivity contribution in [3.63, 3.8) is 0 Å². The van der Waals surface area contributed by atoms with Crippen molar-refractivity contribution in [2.45, 2.75) is 26.3 Å². The van der Waals surface area contributed by atoms with Crippen LogP contribution in [0.2, 0.25) is 0 Å². The molecular weight excluding hydrogens is 378 g/mol. The topological polar surface area (TPSA) is 55.4 Å². The van der Waals surface area contributed by atoms with Crippen molar-refractivity contribution in [1.29, 1.82) is 0 Å². The first-order valence-corrected chi connectivity index (χ1v) is 8.90. The van der Waals surface area contributed by atoms with Gasteiger partial charge < -0.3 is 10.1 Å². The molecule has 1 aromatic heterocycles. The third-order valence-electron chi connectivity index (χ3n) is 3.17. The minimum absolute atomic E-state index is 0.0186. The number of amides is 1. The summed E-state index contributed by atoms with van der Waals surface area (Å²) in [5, 5.41) is 2.89. The minimum atomic E-state index is 0.0186. The van der Waals surface area contributed by atoms with Crippen LogP contribution in [-0.4, -0.2) is 18.3 Å². The van der Waals surface area contributed by atoms with E-state index in [0.29, 0.717) is 37.3 Å². The number of rotatable bonds is 8. The van der Waals surface area contributed by atoms with Gasteiger partial charge in [-0.05, 0) is 65.7 Å². The summed E-state index contributed by atoms with van der Waals surface area (Å²) in [5.74, 6) is 0.759. The SMILES string of the molecule is CC(=O)c1ccc(OCCCC(=O)NCc2ccc(Br)s2)cc1. The molecule has 0 radical (unpaired) electrons. The number of thiophene rings is 1. The maximum atomic E-state index is 11.7. The van der Waals surface area contributed by atoms with Crippen LogP contribution in [0.25, 0.3) is 0 Å². The second-order valence-corrected chi connectivity index (χ2v) is 7.56. The van der Waals surface area contributed by atoms with Crippen LogP contribution in [0.4, 0.5) is 0 Å². The van der Waals surface area contributed by atoms with Crippen LogP contribution in [0.3, 0.4) is 0 Å². The summed E-state index contributed by atoms with van der Waals surface area (Å²) in [5.41, 5.74) is 0.664. The van der Waals surface area contributed by atoms with Gasteiger partial charge >= 0.3 is 0 Å². The summed E-state index contributed by atoms with van der Waals surface area (Å²) in [6.07, 6.45) is 1.08. The van der Waals surface area contributed by atoms with Crippen molar-refractivity contribution in [3.05, 3.63) is 50.6 Å². The van der Waals surface area contributed by atoms with Gasteiger partial charge in [-0.2, -0.15) is 0 Å². The Morgan fingerprint density at radius 1 is 1.17 bits per heavy atom. The van der Waals surface area contributed by atoms with Crippen LogP contribution >= 0.6 is 27.3 Å². The third kappa shape index (κ3) is 6.15. The molecule has 0 spiro atoms. The van der Waals surface area contributed by atoms with Crippen LogP contribution in [0.15, 0.2) is 40.2 Å². The number of halogens is 1. The first kappa shape index (κ1) is 17.7. The van der Waals surface area contributed by atoms with Crippen LogP contribution in [0.1, 0.15) is 35.0 Å². The van der Waals surface area contributed by atoms with Crippen molar-refractivity contribution in [1.82, 2.24) is 5.32 Å². The van der Waals surface area contributed by atoms with Gasteiger partial charge in [0.1, 0.15) is 5.75 Å². The Morgan fingerprint density at radius 2 is 1.91 bits per heavy atom. The van der Waals surface area contributed by atoms with E-state index in [9.17, 15) is 9.59 Å². The van der Waals surface area contributed by atoms with Gasteiger partial charge in [-0.15, -0.1) is 11.3 Å². The average molecular weight is 396 g/mol. The molecule has 0 bridgehead atoms. The fraction of sp³-hybridized carbons (Fsp3) is 0.294. The highest BCUT2D eigenvalue weighted by molar-refractivity contribution is 9.11. The van der Waals surface area contributed by atoms with Crippen LogP contribution < -0.4 is 10.1 Å². The van der Waals surface area contributed by atoms with Crippen LogP contribution in [0, 0.1) is 0 Å². The van der Waals surface area contributed by atoms with Gasteiger partial charge in [0.25, 0.3) is 0 Å². The van der Waals surface area contributed by atoms with E-state index in [1.54, 1.807) is 35.6 Å². The summed E-state index contributed by atoms with van der Waals surface area (Å²) in [7, 11) is 0. The molecule has 0 fully saturated rings. The molecule has 0 saturated heterocycles. The van der Waals surface area contributed by atoms with E-state index in [-0.39, 0.29) is 11.7 Å². The summed E-state index contributed by atoms with van der Waals surface area (Å²) in [6.45, 7) is 2.56. The predicted molar refractivity (Wildman–Crippen MR) is 95.0 cm³/mol. The lowest BCUT2D eigenvalue weighted by Crippen LogP contribution is -2.22. The highest BCUT2D eigenvalue weighted by Crippen LogP contribution is 2.21. The fourth-order valence-electron chi connectivity index (χ4n) is 1.93. The standard InChI is InChI=1S/C17H18BrNO3S/c1-12(20)13-4-6-14(7-5-13)22-10-2-3-17(21)19-11-15-8-9-16(18)23-15/h4-9H,2-3,10-11H2,1H3,(H,19,21). The van der Waals surface area contributed by atoms with Gasteiger partial charge in [-0.1, -0.05) is 0 Å². The largest absolute Gasteiger partial charge is 0.494 e. The highest BCUT2D eigenvalue weighted by Gasteiger charge is 2.04. The molecular formula is C17H18BrNO3S. The molecule has 1 amide bonds. The molecule has 1 N–H and O–H groups in total. The molecule has 2 rings (SSSR count). The predicted octanol–water partition coefficient (Wildman–Crippen LogP) is 4.19. The van der Waals surface area contributed by atoms with Crippen molar-refractivity contribution in [2.75, 3.05) is 6.61 Å². The summed E-state index contributed by atoms with van der Waals surface area (Å²) in [6, 6.07) is 11.0. The minimum Gasteiger partial charge on any atom is -0.494 e. The van der Waals surface area contributed by atoms with Crippen molar-refractivity contribution in [3.8, 4) is 5.75 Å². The van der Waals surface area contributed by atoms with Gasteiger partial charge in [0.2, 0.25) is 5.91 Å². The molecule has 6 heteroatoms. The number of hydrogen-bond acceptors (Lipinski definition) is 4. The van der Waals surface area contributed by atoms with Crippen LogP contribution in [-0.2, 0) is 11.3 Å². The second kappa shape index (κ2) is 8.84. The van der Waals surface area contributed by atoms with Crippen molar-refractivity contribution < 1.29 is 14.3 Å². The van der Waals surface area contributed by atoms with E-state index >= 15 is 0 Å².